The van der Waals surface area contributed by atoms with Crippen molar-refractivity contribution in [1.82, 2.24) is 25.1 Å². The van der Waals surface area contributed by atoms with Gasteiger partial charge in [-0.1, -0.05) is 50.2 Å². The van der Waals surface area contributed by atoms with Crippen molar-refractivity contribution in [1.29, 1.82) is 0 Å². The molecule has 34 heavy (non-hydrogen) atoms. The van der Waals surface area contributed by atoms with E-state index >= 15 is 0 Å². The number of aromatic amines is 1. The van der Waals surface area contributed by atoms with Gasteiger partial charge in [0.15, 0.2) is 0 Å². The lowest BCUT2D eigenvalue weighted by molar-refractivity contribution is 0.0941. The minimum Gasteiger partial charge on any atom is -0.369 e. The summed E-state index contributed by atoms with van der Waals surface area (Å²) in [4.78, 5) is 41.9. The Morgan fingerprint density at radius 1 is 1.12 bits per heavy atom. The van der Waals surface area contributed by atoms with Gasteiger partial charge in [-0.2, -0.15) is 5.10 Å². The summed E-state index contributed by atoms with van der Waals surface area (Å²) >= 11 is 0. The van der Waals surface area contributed by atoms with Crippen LogP contribution in [-0.4, -0.2) is 37.2 Å². The van der Waals surface area contributed by atoms with Gasteiger partial charge in [0.2, 0.25) is 5.95 Å². The molecule has 0 saturated heterocycles. The van der Waals surface area contributed by atoms with Crippen LogP contribution in [0, 0.1) is 5.82 Å². The smallest absolute Gasteiger partial charge is 0.265 e. The molecule has 0 aliphatic heterocycles. The van der Waals surface area contributed by atoms with Crippen LogP contribution in [0.5, 0.6) is 0 Å². The molecule has 3 N–H and O–H groups in total. The third-order valence-corrected chi connectivity index (χ3v) is 5.88. The molecular formula is C24H25FN5O3P. The predicted molar refractivity (Wildman–Crippen MR) is 130 cm³/mol. The van der Waals surface area contributed by atoms with E-state index in [4.69, 9.17) is 0 Å². The molecule has 0 radical (unpaired) electrons. The lowest BCUT2D eigenvalue weighted by Gasteiger charge is -2.20. The molecule has 0 aliphatic rings. The van der Waals surface area contributed by atoms with Crippen LogP contribution in [0.3, 0.4) is 0 Å². The van der Waals surface area contributed by atoms with Crippen LogP contribution in [0.15, 0.2) is 78.0 Å². The molecule has 1 amide bonds. The molecule has 2 heterocycles. The molecule has 0 aliphatic carbocycles. The molecule has 176 valence electrons. The van der Waals surface area contributed by atoms with Gasteiger partial charge in [-0.3, -0.25) is 14.6 Å². The van der Waals surface area contributed by atoms with Crippen LogP contribution in [0.4, 0.5) is 4.39 Å². The molecule has 2 aromatic carbocycles. The van der Waals surface area contributed by atoms with Gasteiger partial charge in [0.1, 0.15) is 11.4 Å². The average molecular weight is 481 g/mol. The molecule has 0 saturated carbocycles. The molecule has 0 bridgehead atoms. The number of aromatic nitrogens is 4. The molecule has 4 rings (SSSR count). The third-order valence-electron chi connectivity index (χ3n) is 4.83. The fourth-order valence-electron chi connectivity index (χ4n) is 3.16. The molecule has 0 spiro atoms. The van der Waals surface area contributed by atoms with Crippen LogP contribution in [0.1, 0.15) is 41.4 Å². The summed E-state index contributed by atoms with van der Waals surface area (Å²) in [5.74, 6) is -0.854. The number of amides is 1. The van der Waals surface area contributed by atoms with E-state index in [1.165, 1.54) is 29.2 Å². The summed E-state index contributed by atoms with van der Waals surface area (Å²) in [6, 6.07) is 13.9. The lowest BCUT2D eigenvalue weighted by Crippen LogP contribution is -2.34. The monoisotopic (exact) mass is 481 g/mol. The van der Waals surface area contributed by atoms with Gasteiger partial charge in [0.25, 0.3) is 11.5 Å². The van der Waals surface area contributed by atoms with Crippen molar-refractivity contribution in [2.75, 3.05) is 6.66 Å². The zero-order valence-corrected chi connectivity index (χ0v) is 19.8. The molecule has 10 heteroatoms. The Morgan fingerprint density at radius 3 is 2.26 bits per heavy atom. The van der Waals surface area contributed by atoms with E-state index in [0.717, 1.165) is 5.30 Å². The summed E-state index contributed by atoms with van der Waals surface area (Å²) in [5.41, 5.74) is 0.557. The Labute approximate surface area is 197 Å². The van der Waals surface area contributed by atoms with Crippen molar-refractivity contribution in [2.24, 2.45) is 0 Å². The summed E-state index contributed by atoms with van der Waals surface area (Å²) < 4.78 is 14.8. The predicted octanol–water partition coefficient (Wildman–Crippen LogP) is 3.28. The standard InChI is InChI=1S/C22H19FN5O3P.C2H6/c1-32(31)17-9-5-15(6-10-17)19(14-3-7-16(23)8-4-14)26-20(29)18-13-24-22(27-21(18)30)28-12-2-11-25-28;1-2/h2-13,19,31H,1H3,(H,26,29)(H,24,27,30);1-2H3. The van der Waals surface area contributed by atoms with Crippen LogP contribution >= 0.6 is 8.15 Å². The van der Waals surface area contributed by atoms with E-state index in [1.54, 1.807) is 55.3 Å². The largest absolute Gasteiger partial charge is 0.369 e. The minimum atomic E-state index is -1.26. The number of carbonyl (C=O) groups is 1. The molecule has 4 aromatic rings. The zero-order valence-electron chi connectivity index (χ0n) is 18.9. The zero-order chi connectivity index (χ0) is 24.7. The summed E-state index contributed by atoms with van der Waals surface area (Å²) in [6.45, 7) is 5.72. The first-order valence-electron chi connectivity index (χ1n) is 10.6. The second-order valence-corrected chi connectivity index (χ2v) is 8.54. The number of hydrogen-bond acceptors (Lipinski definition) is 5. The maximum atomic E-state index is 13.5. The SMILES string of the molecule is CC.CP(O)c1ccc(C(NC(=O)c2cnc(-n3cccn3)[nH]c2=O)c2ccc(F)cc2)cc1. The average Bonchev–Trinajstić information content (AvgIpc) is 3.39. The molecule has 0 fully saturated rings. The molecule has 2 atom stereocenters. The normalized spacial score (nSPS) is 12.3. The Bertz CT molecular complexity index is 1270. The van der Waals surface area contributed by atoms with E-state index < -0.39 is 31.5 Å². The van der Waals surface area contributed by atoms with Crippen molar-refractivity contribution >= 4 is 19.4 Å². The van der Waals surface area contributed by atoms with Crippen molar-refractivity contribution in [3.8, 4) is 5.95 Å². The highest BCUT2D eigenvalue weighted by Crippen LogP contribution is 2.26. The van der Waals surface area contributed by atoms with Crippen molar-refractivity contribution in [2.45, 2.75) is 19.9 Å². The number of benzene rings is 2. The highest BCUT2D eigenvalue weighted by atomic mass is 31.1. The topological polar surface area (TPSA) is 113 Å². The quantitative estimate of drug-likeness (QED) is 0.366. The maximum absolute atomic E-state index is 13.5. The first-order chi connectivity index (χ1) is 16.4. The van der Waals surface area contributed by atoms with Crippen LogP contribution in [-0.2, 0) is 0 Å². The number of halogens is 1. The third kappa shape index (κ3) is 5.81. The minimum absolute atomic E-state index is 0.169. The highest BCUT2D eigenvalue weighted by Gasteiger charge is 2.21. The maximum Gasteiger partial charge on any atom is 0.265 e. The van der Waals surface area contributed by atoms with E-state index in [1.807, 2.05) is 13.8 Å². The fourth-order valence-corrected chi connectivity index (χ4v) is 3.74. The van der Waals surface area contributed by atoms with Gasteiger partial charge >= 0.3 is 0 Å². The van der Waals surface area contributed by atoms with Gasteiger partial charge in [-0.05, 0) is 36.0 Å². The molecule has 2 unspecified atom stereocenters. The molecular weight excluding hydrogens is 456 g/mol. The Balaban J connectivity index is 0.00000158. The number of nitrogens with one attached hydrogen (secondary N) is 2. The van der Waals surface area contributed by atoms with Gasteiger partial charge in [-0.15, -0.1) is 0 Å². The van der Waals surface area contributed by atoms with Crippen LogP contribution in [0.2, 0.25) is 0 Å². The Morgan fingerprint density at radius 2 is 1.74 bits per heavy atom. The summed E-state index contributed by atoms with van der Waals surface area (Å²) in [6.07, 6.45) is 4.34. The van der Waals surface area contributed by atoms with Gasteiger partial charge < -0.3 is 10.2 Å². The summed E-state index contributed by atoms with van der Waals surface area (Å²) in [5, 5.41) is 7.60. The second-order valence-electron chi connectivity index (χ2n) is 6.97. The van der Waals surface area contributed by atoms with Gasteiger partial charge in [-0.25, -0.2) is 14.1 Å². The van der Waals surface area contributed by atoms with Crippen molar-refractivity contribution in [3.05, 3.63) is 106 Å². The number of carbonyl (C=O) groups excluding carboxylic acids is 1. The Kier molecular flexibility index (Phi) is 8.40. The first kappa shape index (κ1) is 25.0. The second kappa shape index (κ2) is 11.4. The number of rotatable bonds is 6. The molecule has 2 aromatic heterocycles. The number of nitrogens with zero attached hydrogens (tertiary/aromatic N) is 3. The van der Waals surface area contributed by atoms with Crippen LogP contribution < -0.4 is 16.2 Å². The Hall–Kier alpha value is -3.68. The lowest BCUT2D eigenvalue weighted by atomic mass is 9.98. The van der Waals surface area contributed by atoms with Gasteiger partial charge in [0.05, 0.1) is 14.2 Å². The highest BCUT2D eigenvalue weighted by molar-refractivity contribution is 7.59. The van der Waals surface area contributed by atoms with E-state index in [-0.39, 0.29) is 11.5 Å². The van der Waals surface area contributed by atoms with E-state index in [2.05, 4.69) is 20.4 Å². The van der Waals surface area contributed by atoms with Crippen molar-refractivity contribution < 1.29 is 14.1 Å². The van der Waals surface area contributed by atoms with Crippen LogP contribution in [0.25, 0.3) is 5.95 Å². The van der Waals surface area contributed by atoms with Crippen molar-refractivity contribution in [3.63, 3.8) is 0 Å². The molecule has 8 nitrogen and oxygen atoms in total. The van der Waals surface area contributed by atoms with E-state index in [0.29, 0.717) is 11.1 Å². The van der Waals surface area contributed by atoms with E-state index in [9.17, 15) is 18.9 Å². The fraction of sp³-hybridized carbons (Fsp3) is 0.167. The summed E-state index contributed by atoms with van der Waals surface area (Å²) in [7, 11) is -1.26. The number of hydrogen-bond donors (Lipinski definition) is 3. The van der Waals surface area contributed by atoms with Gasteiger partial charge in [0, 0.05) is 23.9 Å². The number of H-pyrrole nitrogens is 1. The first-order valence-corrected chi connectivity index (χ1v) is 12.3.